The highest BCUT2D eigenvalue weighted by molar-refractivity contribution is 5.24. The van der Waals surface area contributed by atoms with Crippen LogP contribution in [0.15, 0.2) is 36.7 Å². The third-order valence-corrected chi connectivity index (χ3v) is 3.78. The first-order chi connectivity index (χ1) is 9.22. The van der Waals surface area contributed by atoms with Crippen molar-refractivity contribution in [2.75, 3.05) is 13.1 Å². The molecule has 4 nitrogen and oxygen atoms in total. The van der Waals surface area contributed by atoms with Crippen LogP contribution in [0.25, 0.3) is 0 Å². The summed E-state index contributed by atoms with van der Waals surface area (Å²) < 4.78 is 2.22. The van der Waals surface area contributed by atoms with Gasteiger partial charge in [0.05, 0.1) is 6.54 Å². The highest BCUT2D eigenvalue weighted by Crippen LogP contribution is 2.16. The van der Waals surface area contributed by atoms with E-state index in [-0.39, 0.29) is 6.04 Å². The van der Waals surface area contributed by atoms with Crippen LogP contribution in [-0.4, -0.2) is 27.5 Å². The molecule has 1 aliphatic heterocycles. The van der Waals surface area contributed by atoms with E-state index in [4.69, 9.17) is 5.73 Å². The highest BCUT2D eigenvalue weighted by atomic mass is 15.2. The molecule has 4 heteroatoms. The molecule has 0 saturated heterocycles. The maximum absolute atomic E-state index is 6.30. The molecule has 1 unspecified atom stereocenters. The number of aromatic nitrogens is 2. The lowest BCUT2D eigenvalue weighted by molar-refractivity contribution is 0.205. The molecule has 2 N–H and O–H groups in total. The fraction of sp³-hybridized carbons (Fsp3) is 0.400. The summed E-state index contributed by atoms with van der Waals surface area (Å²) >= 11 is 0. The molecule has 1 aromatic carbocycles. The van der Waals surface area contributed by atoms with Gasteiger partial charge in [0.15, 0.2) is 0 Å². The molecule has 19 heavy (non-hydrogen) atoms. The number of rotatable bonds is 3. The van der Waals surface area contributed by atoms with E-state index in [0.29, 0.717) is 0 Å². The quantitative estimate of drug-likeness (QED) is 0.909. The van der Waals surface area contributed by atoms with Crippen molar-refractivity contribution in [3.8, 4) is 0 Å². The van der Waals surface area contributed by atoms with Crippen LogP contribution >= 0.6 is 0 Å². The van der Waals surface area contributed by atoms with Crippen molar-refractivity contribution in [1.29, 1.82) is 0 Å². The highest BCUT2D eigenvalue weighted by Gasteiger charge is 2.19. The molecule has 0 amide bonds. The Bertz CT molecular complexity index is 544. The molecule has 0 aliphatic carbocycles. The van der Waals surface area contributed by atoms with E-state index in [1.807, 2.05) is 12.4 Å². The van der Waals surface area contributed by atoms with Crippen molar-refractivity contribution in [3.63, 3.8) is 0 Å². The third kappa shape index (κ3) is 2.69. The number of hydrogen-bond donors (Lipinski definition) is 1. The van der Waals surface area contributed by atoms with Crippen molar-refractivity contribution in [3.05, 3.63) is 53.6 Å². The number of hydrogen-bond acceptors (Lipinski definition) is 3. The molecule has 1 aliphatic rings. The molecule has 2 heterocycles. The first kappa shape index (κ1) is 12.4. The summed E-state index contributed by atoms with van der Waals surface area (Å²) in [5.74, 6) is 1.14. The molecule has 0 fully saturated rings. The minimum atomic E-state index is 0.0714. The average molecular weight is 256 g/mol. The molecule has 100 valence electrons. The monoisotopic (exact) mass is 256 g/mol. The van der Waals surface area contributed by atoms with Gasteiger partial charge in [-0.15, -0.1) is 0 Å². The molecular weight excluding hydrogens is 236 g/mol. The van der Waals surface area contributed by atoms with Crippen molar-refractivity contribution in [2.45, 2.75) is 26.1 Å². The van der Waals surface area contributed by atoms with E-state index in [9.17, 15) is 0 Å². The SMILES string of the molecule is Cc1ccc(C(N)CN2CCn3ccnc3C2)cc1. The summed E-state index contributed by atoms with van der Waals surface area (Å²) in [4.78, 5) is 6.76. The molecule has 3 rings (SSSR count). The Morgan fingerprint density at radius 3 is 2.84 bits per heavy atom. The van der Waals surface area contributed by atoms with Crippen LogP contribution in [0, 0.1) is 6.92 Å². The topological polar surface area (TPSA) is 47.1 Å². The third-order valence-electron chi connectivity index (χ3n) is 3.78. The molecular formula is C15H20N4. The molecule has 0 radical (unpaired) electrons. The Morgan fingerprint density at radius 2 is 2.05 bits per heavy atom. The zero-order valence-corrected chi connectivity index (χ0v) is 11.3. The van der Waals surface area contributed by atoms with Gasteiger partial charge in [-0.3, -0.25) is 4.90 Å². The standard InChI is InChI=1S/C15H20N4/c1-12-2-4-13(5-3-12)14(16)10-18-8-9-19-7-6-17-15(19)11-18/h2-7,14H,8-11,16H2,1H3. The lowest BCUT2D eigenvalue weighted by Crippen LogP contribution is -2.38. The predicted octanol–water partition coefficient (Wildman–Crippen LogP) is 1.71. The first-order valence-electron chi connectivity index (χ1n) is 6.77. The van der Waals surface area contributed by atoms with Gasteiger partial charge < -0.3 is 10.3 Å². The minimum absolute atomic E-state index is 0.0714. The molecule has 0 spiro atoms. The lowest BCUT2D eigenvalue weighted by atomic mass is 10.1. The number of fused-ring (bicyclic) bond motifs is 1. The summed E-state index contributed by atoms with van der Waals surface area (Å²) in [7, 11) is 0. The normalized spacial score (nSPS) is 17.2. The second kappa shape index (κ2) is 5.15. The van der Waals surface area contributed by atoms with Crippen LogP contribution in [-0.2, 0) is 13.1 Å². The van der Waals surface area contributed by atoms with Crippen molar-refractivity contribution >= 4 is 0 Å². The van der Waals surface area contributed by atoms with Crippen LogP contribution in [0.1, 0.15) is 23.0 Å². The van der Waals surface area contributed by atoms with E-state index in [2.05, 4.69) is 45.6 Å². The predicted molar refractivity (Wildman–Crippen MR) is 75.6 cm³/mol. The van der Waals surface area contributed by atoms with E-state index >= 15 is 0 Å². The Balaban J connectivity index is 1.64. The lowest BCUT2D eigenvalue weighted by Gasteiger charge is -2.29. The van der Waals surface area contributed by atoms with Gasteiger partial charge in [0.1, 0.15) is 5.82 Å². The number of benzene rings is 1. The fourth-order valence-electron chi connectivity index (χ4n) is 2.58. The van der Waals surface area contributed by atoms with Crippen LogP contribution in [0.4, 0.5) is 0 Å². The largest absolute Gasteiger partial charge is 0.333 e. The molecule has 0 saturated carbocycles. The Labute approximate surface area is 113 Å². The number of aryl methyl sites for hydroxylation is 1. The fourth-order valence-corrected chi connectivity index (χ4v) is 2.58. The zero-order valence-electron chi connectivity index (χ0n) is 11.3. The van der Waals surface area contributed by atoms with Gasteiger partial charge in [-0.25, -0.2) is 4.98 Å². The molecule has 1 atom stereocenters. The second-order valence-electron chi connectivity index (χ2n) is 5.29. The maximum atomic E-state index is 6.30. The smallest absolute Gasteiger partial charge is 0.122 e. The number of nitrogens with zero attached hydrogens (tertiary/aromatic N) is 3. The van der Waals surface area contributed by atoms with Crippen LogP contribution in [0.5, 0.6) is 0 Å². The van der Waals surface area contributed by atoms with Gasteiger partial charge >= 0.3 is 0 Å². The molecule has 1 aromatic heterocycles. The van der Waals surface area contributed by atoms with Gasteiger partial charge in [0.25, 0.3) is 0 Å². The van der Waals surface area contributed by atoms with E-state index in [0.717, 1.165) is 32.0 Å². The average Bonchev–Trinajstić information content (AvgIpc) is 2.87. The summed E-state index contributed by atoms with van der Waals surface area (Å²) in [6.07, 6.45) is 3.92. The van der Waals surface area contributed by atoms with E-state index in [1.165, 1.54) is 11.1 Å². The summed E-state index contributed by atoms with van der Waals surface area (Å²) in [5.41, 5.74) is 8.78. The van der Waals surface area contributed by atoms with Crippen LogP contribution < -0.4 is 5.73 Å². The van der Waals surface area contributed by atoms with E-state index < -0.39 is 0 Å². The van der Waals surface area contributed by atoms with Crippen molar-refractivity contribution in [1.82, 2.24) is 14.5 Å². The number of imidazole rings is 1. The van der Waals surface area contributed by atoms with Crippen LogP contribution in [0.2, 0.25) is 0 Å². The minimum Gasteiger partial charge on any atom is -0.333 e. The van der Waals surface area contributed by atoms with Gasteiger partial charge in [-0.1, -0.05) is 29.8 Å². The second-order valence-corrected chi connectivity index (χ2v) is 5.29. The van der Waals surface area contributed by atoms with Crippen molar-refractivity contribution < 1.29 is 0 Å². The summed E-state index contributed by atoms with van der Waals surface area (Å²) in [5, 5.41) is 0. The summed E-state index contributed by atoms with van der Waals surface area (Å²) in [6.45, 7) is 5.93. The van der Waals surface area contributed by atoms with Crippen molar-refractivity contribution in [2.24, 2.45) is 5.73 Å². The Morgan fingerprint density at radius 1 is 1.26 bits per heavy atom. The van der Waals surface area contributed by atoms with E-state index in [1.54, 1.807) is 0 Å². The maximum Gasteiger partial charge on any atom is 0.122 e. The molecule has 0 bridgehead atoms. The first-order valence-corrected chi connectivity index (χ1v) is 6.77. The number of nitrogens with two attached hydrogens (primary N) is 1. The van der Waals surface area contributed by atoms with Gasteiger partial charge in [0.2, 0.25) is 0 Å². The van der Waals surface area contributed by atoms with Crippen LogP contribution in [0.3, 0.4) is 0 Å². The Hall–Kier alpha value is -1.65. The summed E-state index contributed by atoms with van der Waals surface area (Å²) in [6, 6.07) is 8.58. The van der Waals surface area contributed by atoms with Gasteiger partial charge in [0, 0.05) is 38.1 Å². The Kier molecular flexibility index (Phi) is 3.36. The molecule has 2 aromatic rings. The zero-order chi connectivity index (χ0) is 13.2. The van der Waals surface area contributed by atoms with Gasteiger partial charge in [-0.05, 0) is 12.5 Å². The van der Waals surface area contributed by atoms with Gasteiger partial charge in [-0.2, -0.15) is 0 Å².